The minimum atomic E-state index is -0.813. The van der Waals surface area contributed by atoms with E-state index in [4.69, 9.17) is 4.74 Å². The highest BCUT2D eigenvalue weighted by Gasteiger charge is 2.31. The molecule has 0 saturated heterocycles. The molecule has 1 aliphatic rings. The molecule has 1 aromatic carbocycles. The van der Waals surface area contributed by atoms with E-state index in [0.717, 1.165) is 0 Å². The van der Waals surface area contributed by atoms with Crippen molar-refractivity contribution in [1.82, 2.24) is 0 Å². The van der Waals surface area contributed by atoms with Crippen molar-refractivity contribution in [2.24, 2.45) is 0 Å². The van der Waals surface area contributed by atoms with Crippen LogP contribution in [0.4, 0.5) is 0 Å². The summed E-state index contributed by atoms with van der Waals surface area (Å²) >= 11 is 0. The molecule has 0 amide bonds. The molecule has 0 spiro atoms. The lowest BCUT2D eigenvalue weighted by Gasteiger charge is -2.20. The lowest BCUT2D eigenvalue weighted by molar-refractivity contribution is 0.0174. The number of benzene rings is 1. The highest BCUT2D eigenvalue weighted by Crippen LogP contribution is 2.22. The first kappa shape index (κ1) is 13.0. The molecule has 5 heteroatoms. The molecule has 0 aromatic heterocycles. The number of hydrogen-bond acceptors (Lipinski definition) is 5. The molecule has 0 atom stereocenters. The standard InChI is InChI=1S/C14H12O5/c1-4-14(2,3)19-11(15)8-5-6-9-10(7-8)13(17)18-12(9)16/h4-7H,1H2,2-3H3. The number of ether oxygens (including phenoxy) is 2. The van der Waals surface area contributed by atoms with Gasteiger partial charge in [0, 0.05) is 0 Å². The Morgan fingerprint density at radius 1 is 1.26 bits per heavy atom. The van der Waals surface area contributed by atoms with Crippen LogP contribution in [0.3, 0.4) is 0 Å². The summed E-state index contributed by atoms with van der Waals surface area (Å²) in [6, 6.07) is 4.09. The number of cyclic esters (lactones) is 2. The number of esters is 3. The molecule has 2 rings (SSSR count). The highest BCUT2D eigenvalue weighted by molar-refractivity contribution is 6.15. The van der Waals surface area contributed by atoms with E-state index in [9.17, 15) is 14.4 Å². The second-order valence-electron chi connectivity index (χ2n) is 4.63. The summed E-state index contributed by atoms with van der Waals surface area (Å²) < 4.78 is 9.64. The monoisotopic (exact) mass is 260 g/mol. The molecule has 5 nitrogen and oxygen atoms in total. The SMILES string of the molecule is C=CC(C)(C)OC(=O)c1ccc2c(c1)C(=O)OC2=O. The van der Waals surface area contributed by atoms with Gasteiger partial charge in [0.15, 0.2) is 0 Å². The van der Waals surface area contributed by atoms with Gasteiger partial charge in [-0.15, -0.1) is 0 Å². The van der Waals surface area contributed by atoms with Crippen LogP contribution in [0.1, 0.15) is 44.9 Å². The topological polar surface area (TPSA) is 69.7 Å². The normalized spacial score (nSPS) is 13.8. The lowest BCUT2D eigenvalue weighted by atomic mass is 10.1. The maximum Gasteiger partial charge on any atom is 0.346 e. The van der Waals surface area contributed by atoms with Gasteiger partial charge >= 0.3 is 17.9 Å². The molecule has 0 unspecified atom stereocenters. The minimum Gasteiger partial charge on any atom is -0.452 e. The predicted molar refractivity (Wildman–Crippen MR) is 65.9 cm³/mol. The first-order valence-electron chi connectivity index (χ1n) is 5.61. The van der Waals surface area contributed by atoms with Crippen molar-refractivity contribution in [3.63, 3.8) is 0 Å². The van der Waals surface area contributed by atoms with Gasteiger partial charge in [0.25, 0.3) is 0 Å². The van der Waals surface area contributed by atoms with Gasteiger partial charge in [0.2, 0.25) is 0 Å². The van der Waals surface area contributed by atoms with Gasteiger partial charge in [-0.25, -0.2) is 14.4 Å². The molecular formula is C14H12O5. The average Bonchev–Trinajstić information content (AvgIpc) is 2.64. The molecular weight excluding hydrogens is 248 g/mol. The summed E-state index contributed by atoms with van der Waals surface area (Å²) in [4.78, 5) is 34.5. The second-order valence-corrected chi connectivity index (χ2v) is 4.63. The van der Waals surface area contributed by atoms with Gasteiger partial charge in [0.1, 0.15) is 5.60 Å². The van der Waals surface area contributed by atoms with Crippen LogP contribution >= 0.6 is 0 Å². The molecule has 0 bridgehead atoms. The van der Waals surface area contributed by atoms with E-state index in [0.29, 0.717) is 0 Å². The van der Waals surface area contributed by atoms with E-state index in [2.05, 4.69) is 11.3 Å². The molecule has 1 heterocycles. The lowest BCUT2D eigenvalue weighted by Crippen LogP contribution is -2.25. The third-order valence-corrected chi connectivity index (χ3v) is 2.73. The van der Waals surface area contributed by atoms with Crippen LogP contribution in [0.5, 0.6) is 0 Å². The zero-order chi connectivity index (χ0) is 14.2. The van der Waals surface area contributed by atoms with Crippen LogP contribution < -0.4 is 0 Å². The van der Waals surface area contributed by atoms with Crippen molar-refractivity contribution in [3.8, 4) is 0 Å². The number of carbonyl (C=O) groups is 3. The summed E-state index contributed by atoms with van der Waals surface area (Å²) in [5.41, 5.74) is -0.396. The summed E-state index contributed by atoms with van der Waals surface area (Å²) in [6.07, 6.45) is 1.50. The van der Waals surface area contributed by atoms with Crippen LogP contribution in [-0.2, 0) is 9.47 Å². The molecule has 0 saturated carbocycles. The van der Waals surface area contributed by atoms with Gasteiger partial charge in [-0.1, -0.05) is 6.58 Å². The first-order chi connectivity index (χ1) is 8.84. The van der Waals surface area contributed by atoms with Gasteiger partial charge in [-0.2, -0.15) is 0 Å². The predicted octanol–water partition coefficient (Wildman–Crippen LogP) is 2.12. The van der Waals surface area contributed by atoms with Gasteiger partial charge in [-0.05, 0) is 38.1 Å². The Kier molecular flexibility index (Phi) is 2.98. The number of fused-ring (bicyclic) bond motifs is 1. The Hall–Kier alpha value is -2.43. The van der Waals surface area contributed by atoms with E-state index in [1.807, 2.05) is 0 Å². The number of hydrogen-bond donors (Lipinski definition) is 0. The van der Waals surface area contributed by atoms with E-state index in [1.165, 1.54) is 24.3 Å². The van der Waals surface area contributed by atoms with Crippen molar-refractivity contribution in [1.29, 1.82) is 0 Å². The summed E-state index contributed by atoms with van der Waals surface area (Å²) in [6.45, 7) is 6.93. The average molecular weight is 260 g/mol. The Morgan fingerprint density at radius 2 is 1.89 bits per heavy atom. The van der Waals surface area contributed by atoms with Crippen LogP contribution in [0.2, 0.25) is 0 Å². The smallest absolute Gasteiger partial charge is 0.346 e. The molecule has 1 aromatic rings. The third kappa shape index (κ3) is 2.40. The highest BCUT2D eigenvalue weighted by atomic mass is 16.6. The quantitative estimate of drug-likeness (QED) is 0.473. The zero-order valence-electron chi connectivity index (χ0n) is 10.6. The summed E-state index contributed by atoms with van der Waals surface area (Å²) in [5, 5.41) is 0. The summed E-state index contributed by atoms with van der Waals surface area (Å²) in [7, 11) is 0. The van der Waals surface area contributed by atoms with Crippen LogP contribution in [0, 0.1) is 0 Å². The fraction of sp³-hybridized carbons (Fsp3) is 0.214. The maximum absolute atomic E-state index is 11.9. The molecule has 19 heavy (non-hydrogen) atoms. The third-order valence-electron chi connectivity index (χ3n) is 2.73. The first-order valence-corrected chi connectivity index (χ1v) is 5.61. The van der Waals surface area contributed by atoms with Crippen LogP contribution in [-0.4, -0.2) is 23.5 Å². The fourth-order valence-corrected chi connectivity index (χ4v) is 1.55. The molecule has 0 aliphatic carbocycles. The molecule has 1 aliphatic heterocycles. The van der Waals surface area contributed by atoms with Crippen molar-refractivity contribution in [3.05, 3.63) is 47.5 Å². The molecule has 0 radical (unpaired) electrons. The largest absolute Gasteiger partial charge is 0.452 e. The number of rotatable bonds is 3. The van der Waals surface area contributed by atoms with Crippen molar-refractivity contribution < 1.29 is 23.9 Å². The molecule has 0 fully saturated rings. The Bertz CT molecular complexity index is 598. The van der Waals surface area contributed by atoms with Crippen LogP contribution in [0.25, 0.3) is 0 Å². The molecule has 0 N–H and O–H groups in total. The van der Waals surface area contributed by atoms with Crippen molar-refractivity contribution in [2.75, 3.05) is 0 Å². The second kappa shape index (κ2) is 4.35. The van der Waals surface area contributed by atoms with E-state index < -0.39 is 23.5 Å². The minimum absolute atomic E-state index is 0.0795. The van der Waals surface area contributed by atoms with Gasteiger partial charge in [-0.3, -0.25) is 0 Å². The van der Waals surface area contributed by atoms with E-state index >= 15 is 0 Å². The van der Waals surface area contributed by atoms with Crippen molar-refractivity contribution >= 4 is 17.9 Å². The van der Waals surface area contributed by atoms with E-state index in [-0.39, 0.29) is 16.7 Å². The van der Waals surface area contributed by atoms with E-state index in [1.54, 1.807) is 13.8 Å². The number of carbonyl (C=O) groups excluding carboxylic acids is 3. The van der Waals surface area contributed by atoms with Crippen molar-refractivity contribution in [2.45, 2.75) is 19.4 Å². The van der Waals surface area contributed by atoms with Crippen LogP contribution in [0.15, 0.2) is 30.9 Å². The summed E-state index contributed by atoms with van der Waals surface area (Å²) in [5.74, 6) is -2.05. The Morgan fingerprint density at radius 3 is 2.53 bits per heavy atom. The Balaban J connectivity index is 2.31. The molecule has 98 valence electrons. The van der Waals surface area contributed by atoms with Gasteiger partial charge in [0.05, 0.1) is 16.7 Å². The Labute approximate surface area is 109 Å². The van der Waals surface area contributed by atoms with Gasteiger partial charge < -0.3 is 9.47 Å². The fourth-order valence-electron chi connectivity index (χ4n) is 1.55. The maximum atomic E-state index is 11.9. The zero-order valence-corrected chi connectivity index (χ0v) is 10.6.